The molecule has 0 atom stereocenters. The first-order valence-electron chi connectivity index (χ1n) is 10.6. The average molecular weight is 383 g/mol. The Morgan fingerprint density at radius 3 is 2.45 bits per heavy atom. The summed E-state index contributed by atoms with van der Waals surface area (Å²) in [5.41, 5.74) is 8.69. The van der Waals surface area contributed by atoms with Crippen LogP contribution in [-0.2, 0) is 14.1 Å². The molecule has 5 rings (SSSR count). The summed E-state index contributed by atoms with van der Waals surface area (Å²) < 4.78 is 4.50. The Labute approximate surface area is 172 Å². The molecule has 1 aliphatic carbocycles. The second-order valence-electron chi connectivity index (χ2n) is 8.40. The molecular weight excluding hydrogens is 354 g/mol. The fraction of sp³-hybridized carbons (Fsp3) is 0.308. The Morgan fingerprint density at radius 2 is 1.69 bits per heavy atom. The van der Waals surface area contributed by atoms with Crippen LogP contribution in [0.3, 0.4) is 0 Å². The molecule has 29 heavy (non-hydrogen) atoms. The van der Waals surface area contributed by atoms with Crippen molar-refractivity contribution in [3.05, 3.63) is 71.9 Å². The van der Waals surface area contributed by atoms with Crippen molar-refractivity contribution in [2.24, 2.45) is 14.1 Å². The van der Waals surface area contributed by atoms with Crippen LogP contribution >= 0.6 is 0 Å². The number of hydrogen-bond donors (Lipinski definition) is 0. The Balaban J connectivity index is 1.60. The lowest BCUT2D eigenvalue weighted by Gasteiger charge is -2.12. The molecule has 2 heterocycles. The van der Waals surface area contributed by atoms with Crippen molar-refractivity contribution in [1.82, 2.24) is 9.55 Å². The van der Waals surface area contributed by atoms with Gasteiger partial charge >= 0.3 is 0 Å². The van der Waals surface area contributed by atoms with E-state index >= 15 is 0 Å². The largest absolute Gasteiger partial charge is 0.327 e. The molecule has 3 heteroatoms. The van der Waals surface area contributed by atoms with E-state index in [4.69, 9.17) is 4.98 Å². The standard InChI is InChI=1S/C26H28N3/c1-18-21(24-16-15-20(17-28(24)2)19-9-4-5-10-19)11-8-12-22(18)26-27-23-13-6-7-14-25(23)29(26)3/h6-8,11-17,19H,4-5,9-10H2,1-3H3/q+1. The summed E-state index contributed by atoms with van der Waals surface area (Å²) >= 11 is 0. The molecule has 0 N–H and O–H groups in total. The van der Waals surface area contributed by atoms with Crippen LogP contribution in [-0.4, -0.2) is 9.55 Å². The van der Waals surface area contributed by atoms with E-state index < -0.39 is 0 Å². The first kappa shape index (κ1) is 18.1. The van der Waals surface area contributed by atoms with Gasteiger partial charge in [0.05, 0.1) is 11.0 Å². The average Bonchev–Trinajstić information content (AvgIpc) is 3.38. The highest BCUT2D eigenvalue weighted by atomic mass is 15.1. The second kappa shape index (κ2) is 7.14. The highest BCUT2D eigenvalue weighted by molar-refractivity contribution is 5.82. The lowest BCUT2D eigenvalue weighted by molar-refractivity contribution is -0.660. The van der Waals surface area contributed by atoms with Gasteiger partial charge in [0.1, 0.15) is 12.9 Å². The van der Waals surface area contributed by atoms with Crippen molar-refractivity contribution in [1.29, 1.82) is 0 Å². The van der Waals surface area contributed by atoms with Crippen LogP contribution in [0.2, 0.25) is 0 Å². The normalized spacial score (nSPS) is 14.7. The number of pyridine rings is 1. The molecule has 0 unspecified atom stereocenters. The van der Waals surface area contributed by atoms with Crippen molar-refractivity contribution in [3.63, 3.8) is 0 Å². The number of benzene rings is 2. The van der Waals surface area contributed by atoms with Crippen LogP contribution in [0.5, 0.6) is 0 Å². The molecule has 3 nitrogen and oxygen atoms in total. The monoisotopic (exact) mass is 382 g/mol. The fourth-order valence-electron chi connectivity index (χ4n) is 4.95. The second-order valence-corrected chi connectivity index (χ2v) is 8.40. The molecule has 0 amide bonds. The van der Waals surface area contributed by atoms with Gasteiger partial charge in [0.25, 0.3) is 0 Å². The quantitative estimate of drug-likeness (QED) is 0.417. The van der Waals surface area contributed by atoms with Crippen LogP contribution in [0.15, 0.2) is 60.8 Å². The molecule has 0 aliphatic heterocycles. The summed E-state index contributed by atoms with van der Waals surface area (Å²) in [7, 11) is 4.28. The number of imidazole rings is 1. The van der Waals surface area contributed by atoms with Crippen molar-refractivity contribution in [2.45, 2.75) is 38.5 Å². The number of para-hydroxylation sites is 2. The molecule has 1 saturated carbocycles. The minimum absolute atomic E-state index is 0.739. The van der Waals surface area contributed by atoms with E-state index in [2.05, 4.69) is 84.9 Å². The Bertz CT molecular complexity index is 1200. The summed E-state index contributed by atoms with van der Waals surface area (Å²) in [4.78, 5) is 4.92. The third-order valence-electron chi connectivity index (χ3n) is 6.62. The molecule has 0 radical (unpaired) electrons. The smallest absolute Gasteiger partial charge is 0.212 e. The van der Waals surface area contributed by atoms with Gasteiger partial charge in [-0.15, -0.1) is 0 Å². The molecule has 0 saturated heterocycles. The molecule has 146 valence electrons. The number of aromatic nitrogens is 3. The van der Waals surface area contributed by atoms with Gasteiger partial charge in [0, 0.05) is 29.8 Å². The summed E-state index contributed by atoms with van der Waals surface area (Å²) in [6.45, 7) is 2.22. The highest BCUT2D eigenvalue weighted by Gasteiger charge is 2.22. The van der Waals surface area contributed by atoms with E-state index in [1.54, 1.807) is 0 Å². The van der Waals surface area contributed by atoms with Crippen LogP contribution < -0.4 is 4.57 Å². The van der Waals surface area contributed by atoms with Gasteiger partial charge in [-0.2, -0.15) is 0 Å². The number of rotatable bonds is 3. The summed E-state index contributed by atoms with van der Waals surface area (Å²) in [6, 6.07) is 19.5. The molecule has 2 aromatic carbocycles. The van der Waals surface area contributed by atoms with Gasteiger partial charge in [-0.1, -0.05) is 37.1 Å². The Hall–Kier alpha value is -2.94. The number of aryl methyl sites for hydroxylation is 2. The minimum atomic E-state index is 0.739. The van der Waals surface area contributed by atoms with E-state index in [0.717, 1.165) is 17.3 Å². The van der Waals surface area contributed by atoms with E-state index in [0.29, 0.717) is 0 Å². The van der Waals surface area contributed by atoms with Gasteiger partial charge in [0.15, 0.2) is 6.20 Å². The summed E-state index contributed by atoms with van der Waals surface area (Å²) in [5.74, 6) is 1.76. The predicted molar refractivity (Wildman–Crippen MR) is 119 cm³/mol. The maximum atomic E-state index is 4.92. The number of hydrogen-bond acceptors (Lipinski definition) is 1. The molecule has 2 aromatic heterocycles. The number of nitrogens with zero attached hydrogens (tertiary/aromatic N) is 3. The van der Waals surface area contributed by atoms with Crippen molar-refractivity contribution >= 4 is 11.0 Å². The zero-order chi connectivity index (χ0) is 20.0. The van der Waals surface area contributed by atoms with Crippen LogP contribution in [0.1, 0.15) is 42.7 Å². The van der Waals surface area contributed by atoms with E-state index in [1.165, 1.54) is 59.1 Å². The van der Waals surface area contributed by atoms with Crippen molar-refractivity contribution in [2.75, 3.05) is 0 Å². The third kappa shape index (κ3) is 3.05. The maximum Gasteiger partial charge on any atom is 0.212 e. The first-order valence-corrected chi connectivity index (χ1v) is 10.6. The summed E-state index contributed by atoms with van der Waals surface area (Å²) in [6.07, 6.45) is 7.75. The first-order chi connectivity index (χ1) is 14.1. The fourth-order valence-corrected chi connectivity index (χ4v) is 4.95. The van der Waals surface area contributed by atoms with Crippen LogP contribution in [0, 0.1) is 6.92 Å². The van der Waals surface area contributed by atoms with E-state index in [9.17, 15) is 0 Å². The van der Waals surface area contributed by atoms with Crippen LogP contribution in [0.4, 0.5) is 0 Å². The van der Waals surface area contributed by atoms with Crippen molar-refractivity contribution < 1.29 is 4.57 Å². The van der Waals surface area contributed by atoms with Crippen molar-refractivity contribution in [3.8, 4) is 22.6 Å². The summed E-state index contributed by atoms with van der Waals surface area (Å²) in [5, 5.41) is 0. The Kier molecular flexibility index (Phi) is 4.46. The zero-order valence-electron chi connectivity index (χ0n) is 17.5. The molecule has 1 aliphatic rings. The lowest BCUT2D eigenvalue weighted by atomic mass is 9.96. The van der Waals surface area contributed by atoms with Gasteiger partial charge in [0.2, 0.25) is 5.69 Å². The number of fused-ring (bicyclic) bond motifs is 1. The molecule has 0 spiro atoms. The third-order valence-corrected chi connectivity index (χ3v) is 6.62. The van der Waals surface area contributed by atoms with Crippen LogP contribution in [0.25, 0.3) is 33.7 Å². The highest BCUT2D eigenvalue weighted by Crippen LogP contribution is 2.35. The van der Waals surface area contributed by atoms with Gasteiger partial charge < -0.3 is 4.57 Å². The predicted octanol–water partition coefficient (Wildman–Crippen LogP) is 5.70. The molecule has 4 aromatic rings. The molecule has 1 fully saturated rings. The van der Waals surface area contributed by atoms with Gasteiger partial charge in [-0.3, -0.25) is 0 Å². The van der Waals surface area contributed by atoms with Gasteiger partial charge in [-0.25, -0.2) is 9.55 Å². The zero-order valence-corrected chi connectivity index (χ0v) is 17.5. The SMILES string of the molecule is Cc1c(-c2nc3ccccc3n2C)cccc1-c1ccc(C2CCCC2)c[n+]1C. The minimum Gasteiger partial charge on any atom is -0.327 e. The van der Waals surface area contributed by atoms with E-state index in [1.807, 2.05) is 6.07 Å². The maximum absolute atomic E-state index is 4.92. The Morgan fingerprint density at radius 1 is 0.931 bits per heavy atom. The topological polar surface area (TPSA) is 21.7 Å². The lowest BCUT2D eigenvalue weighted by Crippen LogP contribution is -2.31. The molecular formula is C26H28N3+. The van der Waals surface area contributed by atoms with Gasteiger partial charge in [-0.05, 0) is 55.5 Å². The van der Waals surface area contributed by atoms with E-state index in [-0.39, 0.29) is 0 Å². The molecule has 0 bridgehead atoms.